The Morgan fingerprint density at radius 1 is 0.984 bits per heavy atom. The van der Waals surface area contributed by atoms with Crippen LogP contribution in [-0.2, 0) is 42.8 Å². The number of aliphatic hydroxyl groups excluding tert-OH is 1. The monoisotopic (exact) mass is 903 g/mol. The highest BCUT2D eigenvalue weighted by molar-refractivity contribution is 8.13. The van der Waals surface area contributed by atoms with Gasteiger partial charge in [-0.2, -0.15) is 0 Å². The van der Waals surface area contributed by atoms with Crippen LogP contribution in [0.5, 0.6) is 0 Å². The van der Waals surface area contributed by atoms with Crippen LogP contribution in [0.3, 0.4) is 0 Å². The van der Waals surface area contributed by atoms with Gasteiger partial charge in [-0.1, -0.05) is 69.3 Å². The molecule has 2 saturated carbocycles. The van der Waals surface area contributed by atoms with Crippen molar-refractivity contribution < 1.29 is 67.4 Å². The number of fused-ring (bicyclic) bond motifs is 2. The van der Waals surface area contributed by atoms with Crippen LogP contribution >= 0.6 is 11.8 Å². The van der Waals surface area contributed by atoms with Gasteiger partial charge in [0.05, 0.1) is 34.9 Å². The maximum Gasteiger partial charge on any atom is 0.408 e. The summed E-state index contributed by atoms with van der Waals surface area (Å²) in [6, 6.07) is 15.0. The van der Waals surface area contributed by atoms with Crippen LogP contribution < -0.4 is 5.32 Å². The number of esters is 2. The molecule has 11 atom stereocenters. The van der Waals surface area contributed by atoms with Crippen molar-refractivity contribution in [3.8, 4) is 0 Å². The normalized spacial score (nSPS) is 33.3. The molecule has 2 aromatic carbocycles. The molecule has 15 nitrogen and oxygen atoms in total. The predicted octanol–water partition coefficient (Wildman–Crippen LogP) is 6.01. The summed E-state index contributed by atoms with van der Waals surface area (Å²) in [5.41, 5.74) is -6.16. The molecule has 2 bridgehead atoms. The zero-order valence-corrected chi connectivity index (χ0v) is 38.7. The van der Waals surface area contributed by atoms with E-state index in [4.69, 9.17) is 28.4 Å². The number of aliphatic hydroxyl groups is 2. The highest BCUT2D eigenvalue weighted by Crippen LogP contribution is 2.93. The van der Waals surface area contributed by atoms with Gasteiger partial charge in [0.2, 0.25) is 6.71 Å². The predicted molar refractivity (Wildman–Crippen MR) is 235 cm³/mol. The highest BCUT2D eigenvalue weighted by atomic mass is 32.2. The van der Waals surface area contributed by atoms with Crippen molar-refractivity contribution in [3.63, 3.8) is 0 Å². The van der Waals surface area contributed by atoms with Crippen LogP contribution in [0.15, 0.2) is 71.8 Å². The summed E-state index contributed by atoms with van der Waals surface area (Å²) in [6.45, 7) is 13.6. The van der Waals surface area contributed by atoms with Crippen LogP contribution in [0, 0.1) is 10.8 Å². The van der Waals surface area contributed by atoms with Crippen molar-refractivity contribution in [1.29, 1.82) is 0 Å². The van der Waals surface area contributed by atoms with Gasteiger partial charge in [0.25, 0.3) is 0 Å². The first-order valence-corrected chi connectivity index (χ1v) is 22.6. The summed E-state index contributed by atoms with van der Waals surface area (Å²) in [6.07, 6.45) is -9.76. The van der Waals surface area contributed by atoms with Crippen LogP contribution in [-0.4, -0.2) is 119 Å². The lowest BCUT2D eigenvalue weighted by Crippen LogP contribution is -2.72. The van der Waals surface area contributed by atoms with E-state index in [1.807, 2.05) is 0 Å². The first kappa shape index (κ1) is 47.4. The number of carbonyl (C=O) groups is 6. The van der Waals surface area contributed by atoms with Gasteiger partial charge in [-0.05, 0) is 82.1 Å². The average molecular weight is 904 g/mol. The van der Waals surface area contributed by atoms with Gasteiger partial charge < -0.3 is 48.7 Å². The lowest BCUT2D eigenvalue weighted by atomic mass is 9.40. The maximum atomic E-state index is 16.1. The number of benzene rings is 2. The fourth-order valence-electron chi connectivity index (χ4n) is 12.0. The number of hydrogen-bond donors (Lipinski definition) is 3. The average Bonchev–Trinajstić information content (AvgIpc) is 3.91. The third kappa shape index (κ3) is 7.02. The number of carbonyl (C=O) groups excluding carboxylic acids is 6. The Morgan fingerprint density at radius 3 is 2.16 bits per heavy atom. The topological polar surface area (TPSA) is 210 Å². The van der Waals surface area contributed by atoms with Crippen LogP contribution in [0.4, 0.5) is 9.59 Å². The molecule has 5 aliphatic rings. The molecule has 17 heteroatoms. The van der Waals surface area contributed by atoms with E-state index in [0.29, 0.717) is 11.3 Å². The summed E-state index contributed by atoms with van der Waals surface area (Å²) < 4.78 is 36.8. The summed E-state index contributed by atoms with van der Waals surface area (Å²) in [5.74, 6) is -2.42. The maximum absolute atomic E-state index is 16.1. The Morgan fingerprint density at radius 2 is 1.61 bits per heavy atom. The molecule has 3 aliphatic carbocycles. The molecule has 1 amide bonds. The lowest BCUT2D eigenvalue weighted by molar-refractivity contribution is -0.244. The van der Waals surface area contributed by atoms with Gasteiger partial charge in [0.15, 0.2) is 18.0 Å². The number of nitrogens with one attached hydrogen (secondary N) is 1. The second-order valence-electron chi connectivity index (χ2n) is 19.4. The van der Waals surface area contributed by atoms with Crippen LogP contribution in [0.1, 0.15) is 97.1 Å². The molecule has 7 rings (SSSR count). The summed E-state index contributed by atoms with van der Waals surface area (Å²) in [7, 11) is 1.43. The largest absolute Gasteiger partial charge is 0.456 e. The van der Waals surface area contributed by atoms with Crippen LogP contribution in [0.2, 0.25) is 10.6 Å². The third-order valence-electron chi connectivity index (χ3n) is 14.8. The van der Waals surface area contributed by atoms with Gasteiger partial charge in [0.1, 0.15) is 23.4 Å². The minimum Gasteiger partial charge on any atom is -0.456 e. The molecular formula is C47H58BNO14S. The number of amides is 1. The molecule has 0 unspecified atom stereocenters. The minimum absolute atomic E-state index is 0.00882. The summed E-state index contributed by atoms with van der Waals surface area (Å²) >= 11 is 0.826. The van der Waals surface area contributed by atoms with Gasteiger partial charge in [-0.15, -0.1) is 0 Å². The molecule has 64 heavy (non-hydrogen) atoms. The number of thioether (sulfide) groups is 1. The van der Waals surface area contributed by atoms with E-state index in [2.05, 4.69) is 5.32 Å². The van der Waals surface area contributed by atoms with Gasteiger partial charge in [-0.3, -0.25) is 4.79 Å². The molecule has 2 saturated heterocycles. The highest BCUT2D eigenvalue weighted by Gasteiger charge is 2.99. The Bertz CT molecular complexity index is 2250. The molecule has 2 aromatic rings. The van der Waals surface area contributed by atoms with Gasteiger partial charge in [-0.25, -0.2) is 19.2 Å². The fraction of sp³-hybridized carbons (Fsp3) is 0.574. The summed E-state index contributed by atoms with van der Waals surface area (Å²) in [4.78, 5) is 86.1. The Hall–Kier alpha value is -4.55. The quantitative estimate of drug-likeness (QED) is 0.102. The van der Waals surface area contributed by atoms with Gasteiger partial charge >= 0.3 is 23.3 Å². The fourth-order valence-corrected chi connectivity index (χ4v) is 12.4. The van der Waals surface area contributed by atoms with Crippen molar-refractivity contribution in [2.24, 2.45) is 10.8 Å². The molecule has 2 heterocycles. The van der Waals surface area contributed by atoms with Crippen molar-refractivity contribution in [2.75, 3.05) is 19.5 Å². The first-order chi connectivity index (χ1) is 30.0. The van der Waals surface area contributed by atoms with E-state index in [-0.39, 0.29) is 35.4 Å². The van der Waals surface area contributed by atoms with E-state index in [1.165, 1.54) is 14.0 Å². The third-order valence-corrected chi connectivity index (χ3v) is 15.4. The van der Waals surface area contributed by atoms with E-state index >= 15 is 4.79 Å². The number of Topliss-reactive ketones (excluding diaryl/α,β-unsaturated/α-hetero) is 1. The SMILES string of the molecule is CCSC(=O)O[C@H]1C(=O)[C@]2(C)[C@@H](OC)C[C@H]3OC[C@]34B(C(C)=O)[C@@]42[C@H](OC(=O)c2ccccc2)[C@]2(O)C[C@H](OC(=O)[C@H](O)[C@@H](NC(=O)OC(C)(C)C)c3ccccc3)C(C)=C1C2(C)C. The number of ketones is 1. The van der Waals surface area contributed by atoms with Crippen molar-refractivity contribution >= 4 is 53.3 Å². The van der Waals surface area contributed by atoms with Crippen molar-refractivity contribution in [2.45, 2.75) is 140 Å². The molecule has 0 aromatic heterocycles. The lowest BCUT2D eigenvalue weighted by Gasteiger charge is -2.65. The van der Waals surface area contributed by atoms with E-state index < -0.39 is 118 Å². The number of hydrogen-bond acceptors (Lipinski definition) is 15. The zero-order valence-electron chi connectivity index (χ0n) is 37.9. The number of methoxy groups -OCH3 is 1. The van der Waals surface area contributed by atoms with E-state index in [1.54, 1.807) is 116 Å². The minimum atomic E-state index is -2.31. The van der Waals surface area contributed by atoms with E-state index in [0.717, 1.165) is 11.8 Å². The van der Waals surface area contributed by atoms with E-state index in [9.17, 15) is 34.2 Å². The molecule has 2 aliphatic heterocycles. The molecule has 4 fully saturated rings. The Kier molecular flexibility index (Phi) is 12.4. The number of alkyl carbamates (subject to hydrolysis) is 1. The second kappa shape index (κ2) is 16.7. The number of rotatable bonds is 11. The molecule has 2 spiro atoms. The van der Waals surface area contributed by atoms with Crippen LogP contribution in [0.25, 0.3) is 0 Å². The molecule has 3 N–H and O–H groups in total. The molecule has 344 valence electrons. The van der Waals surface area contributed by atoms with Crippen molar-refractivity contribution in [1.82, 2.24) is 5.32 Å². The Balaban J connectivity index is 1.43. The first-order valence-electron chi connectivity index (χ1n) is 21.6. The van der Waals surface area contributed by atoms with Gasteiger partial charge in [0, 0.05) is 48.4 Å². The van der Waals surface area contributed by atoms with Crippen molar-refractivity contribution in [3.05, 3.63) is 82.9 Å². The second-order valence-corrected chi connectivity index (χ2v) is 20.6. The summed E-state index contributed by atoms with van der Waals surface area (Å²) in [5, 5.41) is 24.8. The Labute approximate surface area is 377 Å². The number of ether oxygens (including phenoxy) is 6. The molecular weight excluding hydrogens is 845 g/mol. The molecule has 0 radical (unpaired) electrons. The standard InChI is InChI=1S/C47H58BNO14S/c1-11-64-41(56)61-35-32-25(2)29(60-38(54)34(51)33(27-18-14-12-15-19-27)49-40(55)63-42(4,5)6)23-46(57,43(32,7)8)39(62-37(53)28-20-16-13-17-21-28)47-44(9,36(35)52)30(58-10)22-31-45(47,24-59-31)48(47)26(3)50/h12-21,29-31,33-35,39,51,57H,11,22-24H2,1-10H3,(H,49,55)/t29-,30-,31+,33-,34+,35+,39+,44-,45-,46+,47+/m0/s1. The zero-order chi connectivity index (χ0) is 46.9. The smallest absolute Gasteiger partial charge is 0.408 e.